The second kappa shape index (κ2) is 7.59. The molecule has 2 aromatic carbocycles. The lowest BCUT2D eigenvalue weighted by molar-refractivity contribution is -0.137. The molecule has 0 fully saturated rings. The summed E-state index contributed by atoms with van der Waals surface area (Å²) in [6.07, 6.45) is -2.99. The van der Waals surface area contributed by atoms with E-state index in [4.69, 9.17) is 0 Å². The zero-order chi connectivity index (χ0) is 20.3. The molecule has 1 amide bonds. The molecule has 1 heterocycles. The number of aromatic nitrogens is 1. The SMILES string of the molecule is Cc1ccnc(C(=O)Nc2ccc(Nc3cccc(C(F)(F)F)c3)cc2)c1O. The third kappa shape index (κ3) is 4.40. The van der Waals surface area contributed by atoms with E-state index in [1.165, 1.54) is 18.3 Å². The Hall–Kier alpha value is -3.55. The Balaban J connectivity index is 1.70. The monoisotopic (exact) mass is 387 g/mol. The van der Waals surface area contributed by atoms with Crippen LogP contribution in [0.2, 0.25) is 0 Å². The van der Waals surface area contributed by atoms with Crippen molar-refractivity contribution < 1.29 is 23.1 Å². The number of aryl methyl sites for hydroxylation is 1. The highest BCUT2D eigenvalue weighted by Gasteiger charge is 2.30. The Morgan fingerprint density at radius 3 is 2.36 bits per heavy atom. The van der Waals surface area contributed by atoms with Gasteiger partial charge in [0.25, 0.3) is 5.91 Å². The Morgan fingerprint density at radius 1 is 1.00 bits per heavy atom. The lowest BCUT2D eigenvalue weighted by Gasteiger charge is -2.11. The third-order valence-corrected chi connectivity index (χ3v) is 3.96. The van der Waals surface area contributed by atoms with Crippen molar-refractivity contribution in [3.8, 4) is 5.75 Å². The molecule has 0 aliphatic carbocycles. The van der Waals surface area contributed by atoms with Gasteiger partial charge in [0.05, 0.1) is 5.56 Å². The normalized spacial score (nSPS) is 11.1. The van der Waals surface area contributed by atoms with Gasteiger partial charge in [-0.3, -0.25) is 4.79 Å². The molecule has 0 saturated heterocycles. The van der Waals surface area contributed by atoms with Crippen LogP contribution in [0.3, 0.4) is 0 Å². The fourth-order valence-electron chi connectivity index (χ4n) is 2.48. The maximum atomic E-state index is 12.8. The molecule has 3 N–H and O–H groups in total. The summed E-state index contributed by atoms with van der Waals surface area (Å²) >= 11 is 0. The molecular formula is C20H16F3N3O2. The molecule has 3 rings (SSSR count). The van der Waals surface area contributed by atoms with Crippen LogP contribution >= 0.6 is 0 Å². The van der Waals surface area contributed by atoms with Crippen LogP contribution in [0.1, 0.15) is 21.6 Å². The highest BCUT2D eigenvalue weighted by molar-refractivity contribution is 6.04. The molecule has 144 valence electrons. The summed E-state index contributed by atoms with van der Waals surface area (Å²) in [5.41, 5.74) is 0.982. The molecule has 0 saturated carbocycles. The number of nitrogens with zero attached hydrogens (tertiary/aromatic N) is 1. The number of anilines is 3. The Morgan fingerprint density at radius 2 is 1.68 bits per heavy atom. The number of hydrogen-bond donors (Lipinski definition) is 3. The largest absolute Gasteiger partial charge is 0.505 e. The minimum Gasteiger partial charge on any atom is -0.505 e. The first-order valence-corrected chi connectivity index (χ1v) is 8.24. The number of nitrogens with one attached hydrogen (secondary N) is 2. The van der Waals surface area contributed by atoms with E-state index in [0.29, 0.717) is 22.6 Å². The molecule has 0 bridgehead atoms. The van der Waals surface area contributed by atoms with Gasteiger partial charge in [0, 0.05) is 23.3 Å². The number of benzene rings is 2. The van der Waals surface area contributed by atoms with Gasteiger partial charge in [-0.15, -0.1) is 0 Å². The summed E-state index contributed by atoms with van der Waals surface area (Å²) < 4.78 is 38.4. The van der Waals surface area contributed by atoms with Gasteiger partial charge < -0.3 is 15.7 Å². The fourth-order valence-corrected chi connectivity index (χ4v) is 2.48. The van der Waals surface area contributed by atoms with E-state index in [2.05, 4.69) is 15.6 Å². The molecule has 0 spiro atoms. The standard InChI is InChI=1S/C20H16F3N3O2/c1-12-9-10-24-17(18(12)27)19(28)26-15-7-5-14(6-8-15)25-16-4-2-3-13(11-16)20(21,22)23/h2-11,25,27H,1H3,(H,26,28). The van der Waals surface area contributed by atoms with Crippen LogP contribution in [-0.2, 0) is 6.18 Å². The summed E-state index contributed by atoms with van der Waals surface area (Å²) in [7, 11) is 0. The third-order valence-electron chi connectivity index (χ3n) is 3.96. The molecule has 0 aliphatic rings. The van der Waals surface area contributed by atoms with Gasteiger partial charge in [0.2, 0.25) is 0 Å². The smallest absolute Gasteiger partial charge is 0.416 e. The maximum absolute atomic E-state index is 12.8. The topological polar surface area (TPSA) is 74.2 Å². The fraction of sp³-hybridized carbons (Fsp3) is 0.100. The average Bonchev–Trinajstić information content (AvgIpc) is 2.65. The van der Waals surface area contributed by atoms with Gasteiger partial charge in [0.1, 0.15) is 5.75 Å². The molecule has 8 heteroatoms. The highest BCUT2D eigenvalue weighted by atomic mass is 19.4. The van der Waals surface area contributed by atoms with E-state index in [-0.39, 0.29) is 11.4 Å². The van der Waals surface area contributed by atoms with Gasteiger partial charge in [-0.1, -0.05) is 6.07 Å². The van der Waals surface area contributed by atoms with E-state index in [1.54, 1.807) is 37.3 Å². The first-order valence-electron chi connectivity index (χ1n) is 8.24. The zero-order valence-electron chi connectivity index (χ0n) is 14.7. The quantitative estimate of drug-likeness (QED) is 0.582. The lowest BCUT2D eigenvalue weighted by atomic mass is 10.2. The number of carbonyl (C=O) groups excluding carboxylic acids is 1. The summed E-state index contributed by atoms with van der Waals surface area (Å²) in [4.78, 5) is 16.1. The van der Waals surface area contributed by atoms with Crippen LogP contribution in [-0.4, -0.2) is 16.0 Å². The maximum Gasteiger partial charge on any atom is 0.416 e. The van der Waals surface area contributed by atoms with Crippen molar-refractivity contribution in [2.45, 2.75) is 13.1 Å². The van der Waals surface area contributed by atoms with Gasteiger partial charge >= 0.3 is 6.18 Å². The molecule has 5 nitrogen and oxygen atoms in total. The van der Waals surface area contributed by atoms with Crippen molar-refractivity contribution in [1.29, 1.82) is 0 Å². The van der Waals surface area contributed by atoms with Crippen molar-refractivity contribution in [2.24, 2.45) is 0 Å². The Kier molecular flexibility index (Phi) is 5.21. The first kappa shape index (κ1) is 19.2. The highest BCUT2D eigenvalue weighted by Crippen LogP contribution is 2.31. The van der Waals surface area contributed by atoms with Crippen LogP contribution in [0.4, 0.5) is 30.2 Å². The van der Waals surface area contributed by atoms with Crippen LogP contribution in [0.25, 0.3) is 0 Å². The average molecular weight is 387 g/mol. The van der Waals surface area contributed by atoms with Crippen LogP contribution in [0.5, 0.6) is 5.75 Å². The van der Waals surface area contributed by atoms with Crippen molar-refractivity contribution in [2.75, 3.05) is 10.6 Å². The first-order chi connectivity index (χ1) is 13.2. The number of rotatable bonds is 4. The molecular weight excluding hydrogens is 371 g/mol. The predicted octanol–water partition coefficient (Wildman–Crippen LogP) is 5.11. The molecule has 0 atom stereocenters. The summed E-state index contributed by atoms with van der Waals surface area (Å²) in [5.74, 6) is -0.761. The minimum absolute atomic E-state index is 0.0915. The Bertz CT molecular complexity index is 1000. The van der Waals surface area contributed by atoms with Crippen LogP contribution in [0.15, 0.2) is 60.8 Å². The summed E-state index contributed by atoms with van der Waals surface area (Å²) in [5, 5.41) is 15.4. The summed E-state index contributed by atoms with van der Waals surface area (Å²) in [6, 6.07) is 12.8. The van der Waals surface area contributed by atoms with E-state index >= 15 is 0 Å². The molecule has 3 aromatic rings. The minimum atomic E-state index is -4.42. The number of halogens is 3. The van der Waals surface area contributed by atoms with Crippen molar-refractivity contribution in [3.63, 3.8) is 0 Å². The number of amides is 1. The van der Waals surface area contributed by atoms with Gasteiger partial charge in [-0.05, 0) is 61.0 Å². The zero-order valence-corrected chi connectivity index (χ0v) is 14.7. The van der Waals surface area contributed by atoms with E-state index in [1.807, 2.05) is 0 Å². The van der Waals surface area contributed by atoms with E-state index in [0.717, 1.165) is 12.1 Å². The second-order valence-corrected chi connectivity index (χ2v) is 6.06. The second-order valence-electron chi connectivity index (χ2n) is 6.06. The molecule has 0 aliphatic heterocycles. The number of hydrogen-bond acceptors (Lipinski definition) is 4. The van der Waals surface area contributed by atoms with Gasteiger partial charge in [-0.25, -0.2) is 4.98 Å². The van der Waals surface area contributed by atoms with Crippen LogP contribution in [0, 0.1) is 6.92 Å². The van der Waals surface area contributed by atoms with Gasteiger partial charge in [0.15, 0.2) is 5.69 Å². The molecule has 28 heavy (non-hydrogen) atoms. The summed E-state index contributed by atoms with van der Waals surface area (Å²) in [6.45, 7) is 1.65. The van der Waals surface area contributed by atoms with Crippen LogP contribution < -0.4 is 10.6 Å². The van der Waals surface area contributed by atoms with E-state index < -0.39 is 17.6 Å². The molecule has 0 radical (unpaired) electrons. The number of pyridine rings is 1. The van der Waals surface area contributed by atoms with E-state index in [9.17, 15) is 23.1 Å². The predicted molar refractivity (Wildman–Crippen MR) is 99.8 cm³/mol. The van der Waals surface area contributed by atoms with Crippen molar-refractivity contribution in [3.05, 3.63) is 77.6 Å². The molecule has 1 aromatic heterocycles. The number of alkyl halides is 3. The van der Waals surface area contributed by atoms with Crippen molar-refractivity contribution >= 4 is 23.0 Å². The lowest BCUT2D eigenvalue weighted by Crippen LogP contribution is -2.14. The number of carbonyl (C=O) groups is 1. The van der Waals surface area contributed by atoms with Crippen molar-refractivity contribution in [1.82, 2.24) is 4.98 Å². The number of aromatic hydroxyl groups is 1. The Labute approximate surface area is 158 Å². The molecule has 0 unspecified atom stereocenters. The van der Waals surface area contributed by atoms with Gasteiger partial charge in [-0.2, -0.15) is 13.2 Å².